The van der Waals surface area contributed by atoms with Crippen LogP contribution in [0, 0.1) is 5.82 Å². The van der Waals surface area contributed by atoms with Gasteiger partial charge in [0, 0.05) is 24.7 Å². The molecule has 0 bridgehead atoms. The molecule has 1 aliphatic rings. The molecule has 1 saturated carbocycles. The van der Waals surface area contributed by atoms with E-state index in [1.807, 2.05) is 7.05 Å². The van der Waals surface area contributed by atoms with Crippen molar-refractivity contribution in [1.29, 1.82) is 0 Å². The van der Waals surface area contributed by atoms with Gasteiger partial charge in [0.15, 0.2) is 0 Å². The third kappa shape index (κ3) is 3.43. The maximum Gasteiger partial charge on any atom is 0.225 e. The van der Waals surface area contributed by atoms with E-state index in [4.69, 9.17) is 5.73 Å². The zero-order valence-corrected chi connectivity index (χ0v) is 10.4. The molecule has 1 aromatic carbocycles. The first-order valence-corrected chi connectivity index (χ1v) is 6.11. The van der Waals surface area contributed by atoms with Crippen LogP contribution in [0.25, 0.3) is 0 Å². The van der Waals surface area contributed by atoms with Crippen molar-refractivity contribution in [3.8, 4) is 0 Å². The van der Waals surface area contributed by atoms with Crippen LogP contribution in [-0.4, -0.2) is 30.4 Å². The topological polar surface area (TPSA) is 58.4 Å². The molecule has 1 fully saturated rings. The average molecular weight is 251 g/mol. The van der Waals surface area contributed by atoms with E-state index in [9.17, 15) is 9.18 Å². The summed E-state index contributed by atoms with van der Waals surface area (Å²) < 4.78 is 12.9. The Labute approximate surface area is 106 Å². The van der Waals surface area contributed by atoms with Crippen LogP contribution in [0.3, 0.4) is 0 Å². The smallest absolute Gasteiger partial charge is 0.225 e. The number of halogens is 1. The van der Waals surface area contributed by atoms with Gasteiger partial charge in [-0.25, -0.2) is 4.39 Å². The quantitative estimate of drug-likeness (QED) is 0.785. The van der Waals surface area contributed by atoms with E-state index >= 15 is 0 Å². The molecule has 0 heterocycles. The fraction of sp³-hybridized carbons (Fsp3) is 0.462. The van der Waals surface area contributed by atoms with Gasteiger partial charge >= 0.3 is 0 Å². The molecule has 1 aromatic rings. The van der Waals surface area contributed by atoms with Crippen LogP contribution >= 0.6 is 0 Å². The van der Waals surface area contributed by atoms with Gasteiger partial charge in [0.2, 0.25) is 5.91 Å². The fourth-order valence-corrected chi connectivity index (χ4v) is 1.82. The minimum atomic E-state index is -0.471. The number of amides is 1. The van der Waals surface area contributed by atoms with Gasteiger partial charge < -0.3 is 16.0 Å². The van der Waals surface area contributed by atoms with Crippen LogP contribution in [0.5, 0.6) is 0 Å². The predicted octanol–water partition coefficient (Wildman–Crippen LogP) is 1.83. The molecule has 0 unspecified atom stereocenters. The second-order valence-corrected chi connectivity index (χ2v) is 4.75. The maximum atomic E-state index is 12.9. The molecule has 5 heteroatoms. The lowest BCUT2D eigenvalue weighted by atomic mass is 10.2. The molecule has 3 N–H and O–H groups in total. The van der Waals surface area contributed by atoms with Crippen LogP contribution in [0.15, 0.2) is 18.2 Å². The van der Waals surface area contributed by atoms with Gasteiger partial charge in [0.05, 0.1) is 5.69 Å². The van der Waals surface area contributed by atoms with Gasteiger partial charge in [-0.15, -0.1) is 0 Å². The maximum absolute atomic E-state index is 12.9. The normalized spacial score (nSPS) is 14.8. The first-order chi connectivity index (χ1) is 8.56. The SMILES string of the molecule is CN(CCC(=O)Nc1ccc(F)c(N)c1)C1CC1. The molecule has 98 valence electrons. The molecule has 2 rings (SSSR count). The Balaban J connectivity index is 1.80. The standard InChI is InChI=1S/C13H18FN3O/c1-17(10-3-4-10)7-6-13(18)16-9-2-5-11(14)12(15)8-9/h2,5,8,10H,3-4,6-7,15H2,1H3,(H,16,18). The minimum Gasteiger partial charge on any atom is -0.396 e. The van der Waals surface area contributed by atoms with Crippen molar-refractivity contribution in [2.24, 2.45) is 0 Å². The summed E-state index contributed by atoms with van der Waals surface area (Å²) in [7, 11) is 2.03. The van der Waals surface area contributed by atoms with Crippen molar-refractivity contribution >= 4 is 17.3 Å². The average Bonchev–Trinajstić information content (AvgIpc) is 3.15. The second kappa shape index (κ2) is 5.35. The number of carbonyl (C=O) groups is 1. The Bertz CT molecular complexity index is 446. The highest BCUT2D eigenvalue weighted by Crippen LogP contribution is 2.25. The van der Waals surface area contributed by atoms with Gasteiger partial charge in [-0.2, -0.15) is 0 Å². The summed E-state index contributed by atoms with van der Waals surface area (Å²) in [6.07, 6.45) is 2.89. The van der Waals surface area contributed by atoms with Gasteiger partial charge in [0.1, 0.15) is 5.82 Å². The molecule has 0 saturated heterocycles. The van der Waals surface area contributed by atoms with Crippen molar-refractivity contribution in [2.75, 3.05) is 24.6 Å². The Morgan fingerprint density at radius 3 is 2.89 bits per heavy atom. The third-order valence-electron chi connectivity index (χ3n) is 3.14. The van der Waals surface area contributed by atoms with Gasteiger partial charge in [0.25, 0.3) is 0 Å². The largest absolute Gasteiger partial charge is 0.396 e. The Hall–Kier alpha value is -1.62. The van der Waals surface area contributed by atoms with Crippen LogP contribution in [0.1, 0.15) is 19.3 Å². The van der Waals surface area contributed by atoms with Gasteiger partial charge in [-0.3, -0.25) is 4.79 Å². The highest BCUT2D eigenvalue weighted by Gasteiger charge is 2.25. The summed E-state index contributed by atoms with van der Waals surface area (Å²) in [6.45, 7) is 0.743. The highest BCUT2D eigenvalue weighted by atomic mass is 19.1. The molecule has 1 amide bonds. The van der Waals surface area contributed by atoms with Crippen LogP contribution in [-0.2, 0) is 4.79 Å². The van der Waals surface area contributed by atoms with E-state index < -0.39 is 5.82 Å². The molecule has 1 aliphatic carbocycles. The zero-order chi connectivity index (χ0) is 13.1. The number of hydrogen-bond donors (Lipinski definition) is 2. The summed E-state index contributed by atoms with van der Waals surface area (Å²) in [5.41, 5.74) is 6.01. The number of rotatable bonds is 5. The molecular weight excluding hydrogens is 233 g/mol. The summed E-state index contributed by atoms with van der Waals surface area (Å²) in [4.78, 5) is 13.9. The summed E-state index contributed by atoms with van der Waals surface area (Å²) >= 11 is 0. The molecule has 0 radical (unpaired) electrons. The summed E-state index contributed by atoms with van der Waals surface area (Å²) in [6, 6.07) is 4.84. The van der Waals surface area contributed by atoms with E-state index in [1.54, 1.807) is 0 Å². The number of nitrogens with two attached hydrogens (primary N) is 1. The molecule has 0 aromatic heterocycles. The lowest BCUT2D eigenvalue weighted by Crippen LogP contribution is -2.26. The minimum absolute atomic E-state index is 0.0444. The first kappa shape index (κ1) is 12.8. The monoisotopic (exact) mass is 251 g/mol. The summed E-state index contributed by atoms with van der Waals surface area (Å²) in [5.74, 6) is -0.546. The zero-order valence-electron chi connectivity index (χ0n) is 10.4. The van der Waals surface area contributed by atoms with Crippen LogP contribution < -0.4 is 11.1 Å². The van der Waals surface area contributed by atoms with Crippen molar-refractivity contribution in [3.05, 3.63) is 24.0 Å². The van der Waals surface area contributed by atoms with Crippen LogP contribution in [0.2, 0.25) is 0 Å². The van der Waals surface area contributed by atoms with E-state index in [2.05, 4.69) is 10.2 Å². The fourth-order valence-electron chi connectivity index (χ4n) is 1.82. The third-order valence-corrected chi connectivity index (χ3v) is 3.14. The Morgan fingerprint density at radius 1 is 1.56 bits per heavy atom. The Morgan fingerprint density at radius 2 is 2.28 bits per heavy atom. The number of nitrogens with zero attached hydrogens (tertiary/aromatic N) is 1. The van der Waals surface area contributed by atoms with E-state index in [-0.39, 0.29) is 11.6 Å². The number of nitrogens with one attached hydrogen (secondary N) is 1. The van der Waals surface area contributed by atoms with Crippen molar-refractivity contribution in [3.63, 3.8) is 0 Å². The number of hydrogen-bond acceptors (Lipinski definition) is 3. The van der Waals surface area contributed by atoms with Crippen LogP contribution in [0.4, 0.5) is 15.8 Å². The van der Waals surface area contributed by atoms with E-state index in [0.29, 0.717) is 18.2 Å². The van der Waals surface area contributed by atoms with Gasteiger partial charge in [-0.1, -0.05) is 0 Å². The number of benzene rings is 1. The van der Waals surface area contributed by atoms with E-state index in [1.165, 1.54) is 31.0 Å². The lowest BCUT2D eigenvalue weighted by Gasteiger charge is -2.15. The Kier molecular flexibility index (Phi) is 3.81. The predicted molar refractivity (Wildman–Crippen MR) is 69.7 cm³/mol. The molecule has 18 heavy (non-hydrogen) atoms. The molecule has 0 spiro atoms. The highest BCUT2D eigenvalue weighted by molar-refractivity contribution is 5.91. The molecule has 4 nitrogen and oxygen atoms in total. The van der Waals surface area contributed by atoms with Crippen molar-refractivity contribution in [2.45, 2.75) is 25.3 Å². The molecule has 0 aliphatic heterocycles. The van der Waals surface area contributed by atoms with E-state index in [0.717, 1.165) is 6.54 Å². The van der Waals surface area contributed by atoms with Gasteiger partial charge in [-0.05, 0) is 38.1 Å². The van der Waals surface area contributed by atoms with Crippen molar-refractivity contribution in [1.82, 2.24) is 4.90 Å². The number of carbonyl (C=O) groups excluding carboxylic acids is 1. The molecular formula is C13H18FN3O. The second-order valence-electron chi connectivity index (χ2n) is 4.75. The number of anilines is 2. The number of nitrogen functional groups attached to an aromatic ring is 1. The first-order valence-electron chi connectivity index (χ1n) is 6.11. The molecule has 0 atom stereocenters. The van der Waals surface area contributed by atoms with Crippen molar-refractivity contribution < 1.29 is 9.18 Å². The summed E-state index contributed by atoms with van der Waals surface area (Å²) in [5, 5.41) is 2.71. The lowest BCUT2D eigenvalue weighted by molar-refractivity contribution is -0.116.